The van der Waals surface area contributed by atoms with Crippen LogP contribution in [0.4, 0.5) is 4.79 Å². The van der Waals surface area contributed by atoms with Crippen LogP contribution >= 0.6 is 0 Å². The molecule has 114 valence electrons. The molecule has 5 nitrogen and oxygen atoms in total. The number of rotatable bonds is 3. The van der Waals surface area contributed by atoms with Gasteiger partial charge in [-0.2, -0.15) is 0 Å². The van der Waals surface area contributed by atoms with Crippen molar-refractivity contribution in [3.63, 3.8) is 0 Å². The molecule has 0 unspecified atom stereocenters. The molecule has 5 heteroatoms. The summed E-state index contributed by atoms with van der Waals surface area (Å²) in [5.74, 6) is -1.25. The summed E-state index contributed by atoms with van der Waals surface area (Å²) in [5.41, 5.74) is 2.26. The van der Waals surface area contributed by atoms with Crippen LogP contribution in [-0.4, -0.2) is 47.0 Å². The lowest BCUT2D eigenvalue weighted by Gasteiger charge is -2.33. The van der Waals surface area contributed by atoms with Gasteiger partial charge in [-0.3, -0.25) is 4.79 Å². The number of hydrogen-bond acceptors (Lipinski definition) is 2. The maximum atomic E-state index is 12.4. The molecular weight excluding hydrogens is 268 g/mol. The van der Waals surface area contributed by atoms with Crippen LogP contribution in [0.1, 0.15) is 24.0 Å². The molecule has 1 aliphatic rings. The largest absolute Gasteiger partial charge is 0.481 e. The molecule has 2 amide bonds. The molecule has 1 heterocycles. The van der Waals surface area contributed by atoms with Crippen molar-refractivity contribution < 1.29 is 14.7 Å². The predicted octanol–water partition coefficient (Wildman–Crippen LogP) is 2.34. The van der Waals surface area contributed by atoms with E-state index in [2.05, 4.69) is 0 Å². The zero-order chi connectivity index (χ0) is 15.4. The molecule has 0 bridgehead atoms. The van der Waals surface area contributed by atoms with Crippen molar-refractivity contribution in [1.29, 1.82) is 0 Å². The molecule has 1 N–H and O–H groups in total. The van der Waals surface area contributed by atoms with Crippen molar-refractivity contribution in [2.75, 3.05) is 20.1 Å². The molecule has 1 aliphatic heterocycles. The van der Waals surface area contributed by atoms with Crippen molar-refractivity contribution in [2.24, 2.45) is 5.92 Å². The molecular formula is C16H22N2O3. The Morgan fingerprint density at radius 3 is 2.62 bits per heavy atom. The second kappa shape index (κ2) is 6.61. The summed E-state index contributed by atoms with van der Waals surface area (Å²) in [5, 5.41) is 9.09. The predicted molar refractivity (Wildman–Crippen MR) is 80.0 cm³/mol. The Labute approximate surface area is 125 Å². The van der Waals surface area contributed by atoms with Crippen LogP contribution in [0.25, 0.3) is 0 Å². The number of carboxylic acid groups (broad SMARTS) is 1. The molecule has 1 aromatic rings. The minimum absolute atomic E-state index is 0.0958. The van der Waals surface area contributed by atoms with Crippen LogP contribution in [0.5, 0.6) is 0 Å². The van der Waals surface area contributed by atoms with Gasteiger partial charge < -0.3 is 14.9 Å². The number of carbonyl (C=O) groups is 2. The van der Waals surface area contributed by atoms with Gasteiger partial charge in [0, 0.05) is 26.7 Å². The highest BCUT2D eigenvalue weighted by molar-refractivity contribution is 5.76. The normalized spacial score (nSPS) is 18.4. The van der Waals surface area contributed by atoms with E-state index in [1.54, 1.807) is 16.8 Å². The Balaban J connectivity index is 1.95. The average molecular weight is 290 g/mol. The van der Waals surface area contributed by atoms with E-state index < -0.39 is 11.9 Å². The topological polar surface area (TPSA) is 60.9 Å². The van der Waals surface area contributed by atoms with Gasteiger partial charge in [0.2, 0.25) is 0 Å². The Morgan fingerprint density at radius 1 is 1.33 bits per heavy atom. The van der Waals surface area contributed by atoms with Crippen molar-refractivity contribution in [3.05, 3.63) is 35.4 Å². The fourth-order valence-electron chi connectivity index (χ4n) is 2.63. The van der Waals surface area contributed by atoms with Gasteiger partial charge in [0.05, 0.1) is 5.92 Å². The number of carboxylic acids is 1. The molecule has 2 rings (SSSR count). The highest BCUT2D eigenvalue weighted by Crippen LogP contribution is 2.18. The molecule has 1 atom stereocenters. The second-order valence-electron chi connectivity index (χ2n) is 5.75. The Hall–Kier alpha value is -2.04. The third-order valence-electron chi connectivity index (χ3n) is 3.91. The number of aliphatic carboxylic acids is 1. The van der Waals surface area contributed by atoms with Gasteiger partial charge >= 0.3 is 12.0 Å². The summed E-state index contributed by atoms with van der Waals surface area (Å²) in [4.78, 5) is 26.8. The van der Waals surface area contributed by atoms with Gasteiger partial charge in [0.25, 0.3) is 0 Å². The zero-order valence-electron chi connectivity index (χ0n) is 12.6. The summed E-state index contributed by atoms with van der Waals surface area (Å²) in [6.45, 7) is 3.51. The monoisotopic (exact) mass is 290 g/mol. The van der Waals surface area contributed by atoms with Crippen molar-refractivity contribution >= 4 is 12.0 Å². The van der Waals surface area contributed by atoms with E-state index in [1.807, 2.05) is 31.2 Å². The smallest absolute Gasteiger partial charge is 0.320 e. The molecule has 0 saturated carbocycles. The van der Waals surface area contributed by atoms with Gasteiger partial charge in [0.15, 0.2) is 0 Å². The summed E-state index contributed by atoms with van der Waals surface area (Å²) >= 11 is 0. The van der Waals surface area contributed by atoms with E-state index in [0.29, 0.717) is 26.1 Å². The third kappa shape index (κ3) is 3.97. The maximum absolute atomic E-state index is 12.4. The molecule has 0 aliphatic carbocycles. The van der Waals surface area contributed by atoms with E-state index in [4.69, 9.17) is 5.11 Å². The Bertz CT molecular complexity index is 513. The molecule has 0 spiro atoms. The first kappa shape index (κ1) is 15.4. The van der Waals surface area contributed by atoms with Crippen LogP contribution < -0.4 is 0 Å². The van der Waals surface area contributed by atoms with Gasteiger partial charge in [-0.25, -0.2) is 4.79 Å². The van der Waals surface area contributed by atoms with Crippen LogP contribution in [0.3, 0.4) is 0 Å². The number of hydrogen-bond donors (Lipinski definition) is 1. The highest BCUT2D eigenvalue weighted by Gasteiger charge is 2.29. The van der Waals surface area contributed by atoms with Gasteiger partial charge in [0.1, 0.15) is 0 Å². The first-order chi connectivity index (χ1) is 9.97. The summed E-state index contributed by atoms with van der Waals surface area (Å²) in [6, 6.07) is 7.97. The Kier molecular flexibility index (Phi) is 4.83. The first-order valence-corrected chi connectivity index (χ1v) is 7.26. The number of likely N-dealkylation sites (tertiary alicyclic amines) is 1. The number of piperidine rings is 1. The molecule has 1 fully saturated rings. The van der Waals surface area contributed by atoms with E-state index in [9.17, 15) is 9.59 Å². The number of carbonyl (C=O) groups excluding carboxylic acids is 1. The minimum Gasteiger partial charge on any atom is -0.481 e. The van der Waals surface area contributed by atoms with Crippen molar-refractivity contribution in [3.8, 4) is 0 Å². The second-order valence-corrected chi connectivity index (χ2v) is 5.75. The average Bonchev–Trinajstić information content (AvgIpc) is 2.49. The standard InChI is InChI=1S/C16H22N2O3/c1-12-5-7-13(8-6-12)10-17(2)16(21)18-9-3-4-14(11-18)15(19)20/h5-8,14H,3-4,9-11H2,1-2H3,(H,19,20)/t14-/m0/s1. The van der Waals surface area contributed by atoms with E-state index in [0.717, 1.165) is 12.0 Å². The molecule has 1 aromatic carbocycles. The summed E-state index contributed by atoms with van der Waals surface area (Å²) in [6.07, 6.45) is 1.40. The van der Waals surface area contributed by atoms with Gasteiger partial charge in [-0.1, -0.05) is 29.8 Å². The lowest BCUT2D eigenvalue weighted by atomic mass is 9.99. The van der Waals surface area contributed by atoms with Crippen LogP contribution in [0, 0.1) is 12.8 Å². The van der Waals surface area contributed by atoms with Crippen molar-refractivity contribution in [2.45, 2.75) is 26.3 Å². The van der Waals surface area contributed by atoms with E-state index in [1.165, 1.54) is 5.56 Å². The summed E-state index contributed by atoms with van der Waals surface area (Å²) in [7, 11) is 1.76. The molecule has 21 heavy (non-hydrogen) atoms. The van der Waals surface area contributed by atoms with Gasteiger partial charge in [-0.15, -0.1) is 0 Å². The van der Waals surface area contributed by atoms with Gasteiger partial charge in [-0.05, 0) is 25.3 Å². The number of urea groups is 1. The number of benzene rings is 1. The first-order valence-electron chi connectivity index (χ1n) is 7.26. The number of nitrogens with zero attached hydrogens (tertiary/aromatic N) is 2. The minimum atomic E-state index is -0.811. The lowest BCUT2D eigenvalue weighted by molar-refractivity contribution is -0.143. The molecule has 1 saturated heterocycles. The lowest BCUT2D eigenvalue weighted by Crippen LogP contribution is -2.47. The highest BCUT2D eigenvalue weighted by atomic mass is 16.4. The Morgan fingerprint density at radius 2 is 2.00 bits per heavy atom. The van der Waals surface area contributed by atoms with Crippen LogP contribution in [-0.2, 0) is 11.3 Å². The van der Waals surface area contributed by atoms with E-state index in [-0.39, 0.29) is 6.03 Å². The molecule has 0 radical (unpaired) electrons. The number of amides is 2. The maximum Gasteiger partial charge on any atom is 0.320 e. The zero-order valence-corrected chi connectivity index (χ0v) is 12.6. The van der Waals surface area contributed by atoms with E-state index >= 15 is 0 Å². The fraction of sp³-hybridized carbons (Fsp3) is 0.500. The van der Waals surface area contributed by atoms with Crippen LogP contribution in [0.2, 0.25) is 0 Å². The fourth-order valence-corrected chi connectivity index (χ4v) is 2.63. The quantitative estimate of drug-likeness (QED) is 0.929. The van der Waals surface area contributed by atoms with Crippen LogP contribution in [0.15, 0.2) is 24.3 Å². The van der Waals surface area contributed by atoms with Crippen molar-refractivity contribution in [1.82, 2.24) is 9.80 Å². The molecule has 0 aromatic heterocycles. The SMILES string of the molecule is Cc1ccc(CN(C)C(=O)N2CCC[C@H](C(=O)O)C2)cc1. The third-order valence-corrected chi connectivity index (χ3v) is 3.91. The number of aryl methyl sites for hydroxylation is 1. The summed E-state index contributed by atoms with van der Waals surface area (Å²) < 4.78 is 0.